The number of esters is 1. The van der Waals surface area contributed by atoms with Gasteiger partial charge in [0.15, 0.2) is 8.32 Å². The molecule has 3 rings (SSSR count). The van der Waals surface area contributed by atoms with Crippen LogP contribution >= 0.6 is 0 Å². The average molecular weight is 446 g/mol. The van der Waals surface area contributed by atoms with Crippen molar-refractivity contribution in [2.45, 2.75) is 76.5 Å². The van der Waals surface area contributed by atoms with Gasteiger partial charge in [-0.05, 0) is 36.5 Å². The van der Waals surface area contributed by atoms with Crippen LogP contribution in [-0.2, 0) is 25.3 Å². The zero-order chi connectivity index (χ0) is 22.8. The monoisotopic (exact) mass is 445 g/mol. The van der Waals surface area contributed by atoms with E-state index < -0.39 is 26.4 Å². The maximum Gasteiger partial charge on any atom is 0.411 e. The van der Waals surface area contributed by atoms with Gasteiger partial charge in [-0.25, -0.2) is 9.59 Å². The van der Waals surface area contributed by atoms with E-state index in [9.17, 15) is 9.59 Å². The summed E-state index contributed by atoms with van der Waals surface area (Å²) in [4.78, 5) is 27.2. The fourth-order valence-electron chi connectivity index (χ4n) is 4.09. The van der Waals surface area contributed by atoms with Gasteiger partial charge in [0.2, 0.25) is 0 Å². The van der Waals surface area contributed by atoms with E-state index in [1.165, 1.54) is 7.11 Å². The predicted octanol–water partition coefficient (Wildman–Crippen LogP) is 4.91. The molecule has 1 heterocycles. The molecule has 1 aromatic carbocycles. The first-order valence-electron chi connectivity index (χ1n) is 11.0. The minimum absolute atomic E-state index is 0.0806. The van der Waals surface area contributed by atoms with E-state index in [0.717, 1.165) is 5.56 Å². The summed E-state index contributed by atoms with van der Waals surface area (Å²) in [6, 6.07) is 8.75. The Kier molecular flexibility index (Phi) is 6.96. The Labute approximate surface area is 186 Å². The summed E-state index contributed by atoms with van der Waals surface area (Å²) < 4.78 is 17.2. The SMILES string of the molecule is COC(=O)[C@@H]1C[C@@H]2C=C[C@@H](O[Si](C)(C)C(C)(C)C)C[C@H]2N1C(=O)OCc1ccccc1. The Morgan fingerprint density at radius 2 is 1.77 bits per heavy atom. The van der Waals surface area contributed by atoms with Crippen molar-refractivity contribution >= 4 is 20.4 Å². The summed E-state index contributed by atoms with van der Waals surface area (Å²) in [6.07, 6.45) is 4.85. The highest BCUT2D eigenvalue weighted by molar-refractivity contribution is 6.74. The number of ether oxygens (including phenoxy) is 2. The molecule has 6 nitrogen and oxygen atoms in total. The van der Waals surface area contributed by atoms with Gasteiger partial charge in [0.25, 0.3) is 0 Å². The maximum absolute atomic E-state index is 13.1. The Morgan fingerprint density at radius 3 is 2.39 bits per heavy atom. The highest BCUT2D eigenvalue weighted by atomic mass is 28.4. The van der Waals surface area contributed by atoms with Crippen LogP contribution in [0.1, 0.15) is 39.2 Å². The summed E-state index contributed by atoms with van der Waals surface area (Å²) in [5.41, 5.74) is 0.906. The van der Waals surface area contributed by atoms with Crippen molar-refractivity contribution in [3.63, 3.8) is 0 Å². The molecule has 0 bridgehead atoms. The lowest BCUT2D eigenvalue weighted by molar-refractivity contribution is -0.145. The zero-order valence-corrected chi connectivity index (χ0v) is 20.5. The van der Waals surface area contributed by atoms with Gasteiger partial charge < -0.3 is 13.9 Å². The Hall–Kier alpha value is -2.12. The number of amides is 1. The van der Waals surface area contributed by atoms with Crippen molar-refractivity contribution in [1.82, 2.24) is 4.90 Å². The minimum Gasteiger partial charge on any atom is -0.467 e. The highest BCUT2D eigenvalue weighted by Gasteiger charge is 2.50. The van der Waals surface area contributed by atoms with Gasteiger partial charge in [-0.2, -0.15) is 0 Å². The van der Waals surface area contributed by atoms with Gasteiger partial charge >= 0.3 is 12.1 Å². The molecule has 1 fully saturated rings. The number of carbonyl (C=O) groups excluding carboxylic acids is 2. The molecule has 2 aliphatic rings. The smallest absolute Gasteiger partial charge is 0.411 e. The molecule has 31 heavy (non-hydrogen) atoms. The summed E-state index contributed by atoms with van der Waals surface area (Å²) in [7, 11) is -0.610. The maximum atomic E-state index is 13.1. The van der Waals surface area contributed by atoms with Crippen LogP contribution in [0.2, 0.25) is 18.1 Å². The summed E-state index contributed by atoms with van der Waals surface area (Å²) in [5, 5.41) is 0.0935. The number of fused-ring (bicyclic) bond motifs is 1. The largest absolute Gasteiger partial charge is 0.467 e. The van der Waals surface area contributed by atoms with Crippen LogP contribution in [0.5, 0.6) is 0 Å². The number of rotatable bonds is 5. The number of nitrogens with zero attached hydrogens (tertiary/aromatic N) is 1. The van der Waals surface area contributed by atoms with Crippen molar-refractivity contribution in [3.05, 3.63) is 48.0 Å². The van der Waals surface area contributed by atoms with E-state index in [4.69, 9.17) is 13.9 Å². The van der Waals surface area contributed by atoms with E-state index in [0.29, 0.717) is 12.8 Å². The molecule has 7 heteroatoms. The molecule has 4 atom stereocenters. The first-order chi connectivity index (χ1) is 14.5. The van der Waals surface area contributed by atoms with Crippen molar-refractivity contribution < 1.29 is 23.5 Å². The Morgan fingerprint density at radius 1 is 1.10 bits per heavy atom. The quantitative estimate of drug-likeness (QED) is 0.366. The second-order valence-corrected chi connectivity index (χ2v) is 14.7. The molecule has 170 valence electrons. The molecule has 1 aromatic rings. The third-order valence-electron chi connectivity index (χ3n) is 6.87. The summed E-state index contributed by atoms with van der Waals surface area (Å²) in [5.74, 6) is -0.311. The van der Waals surface area contributed by atoms with Crippen molar-refractivity contribution in [3.8, 4) is 0 Å². The number of likely N-dealkylation sites (tertiary alicyclic amines) is 1. The van der Waals surface area contributed by atoms with Crippen LogP contribution in [0, 0.1) is 5.92 Å². The van der Waals surface area contributed by atoms with Gasteiger partial charge in [-0.15, -0.1) is 0 Å². The van der Waals surface area contributed by atoms with E-state index in [1.807, 2.05) is 30.3 Å². The molecular formula is C24H35NO5Si. The van der Waals surface area contributed by atoms with Crippen LogP contribution in [0.25, 0.3) is 0 Å². The predicted molar refractivity (Wildman–Crippen MR) is 122 cm³/mol. The number of hydrogen-bond acceptors (Lipinski definition) is 5. The minimum atomic E-state index is -1.97. The van der Waals surface area contributed by atoms with Crippen LogP contribution < -0.4 is 0 Å². The topological polar surface area (TPSA) is 65.1 Å². The number of hydrogen-bond donors (Lipinski definition) is 0. The second-order valence-electron chi connectivity index (χ2n) is 9.99. The summed E-state index contributed by atoms with van der Waals surface area (Å²) in [6.45, 7) is 11.3. The highest BCUT2D eigenvalue weighted by Crippen LogP contribution is 2.42. The van der Waals surface area contributed by atoms with Crippen LogP contribution in [0.4, 0.5) is 4.79 Å². The molecule has 1 aliphatic heterocycles. The average Bonchev–Trinajstić information content (AvgIpc) is 3.10. The Balaban J connectivity index is 1.76. The third-order valence-corrected chi connectivity index (χ3v) is 11.4. The van der Waals surface area contributed by atoms with E-state index in [2.05, 4.69) is 46.0 Å². The molecule has 1 saturated heterocycles. The molecular weight excluding hydrogens is 410 g/mol. The lowest BCUT2D eigenvalue weighted by atomic mass is 9.89. The number of benzene rings is 1. The van der Waals surface area contributed by atoms with Gasteiger partial charge in [0.1, 0.15) is 12.6 Å². The lowest BCUT2D eigenvalue weighted by Crippen LogP contribution is -2.50. The molecule has 0 N–H and O–H groups in total. The normalized spacial score (nSPS) is 25.8. The van der Waals surface area contributed by atoms with E-state index in [1.54, 1.807) is 4.90 Å². The summed E-state index contributed by atoms with van der Waals surface area (Å²) >= 11 is 0. The number of carbonyl (C=O) groups is 2. The molecule has 0 aromatic heterocycles. The van der Waals surface area contributed by atoms with Crippen molar-refractivity contribution in [2.24, 2.45) is 5.92 Å². The Bertz CT molecular complexity index is 817. The van der Waals surface area contributed by atoms with Crippen molar-refractivity contribution in [1.29, 1.82) is 0 Å². The fourth-order valence-corrected chi connectivity index (χ4v) is 5.37. The molecule has 0 radical (unpaired) electrons. The molecule has 1 aliphatic carbocycles. The first-order valence-corrected chi connectivity index (χ1v) is 13.9. The fraction of sp³-hybridized carbons (Fsp3) is 0.583. The van der Waals surface area contributed by atoms with Gasteiger partial charge in [-0.1, -0.05) is 63.3 Å². The van der Waals surface area contributed by atoms with Crippen LogP contribution in [0.15, 0.2) is 42.5 Å². The lowest BCUT2D eigenvalue weighted by Gasteiger charge is -2.41. The van der Waals surface area contributed by atoms with Crippen LogP contribution in [-0.4, -0.2) is 50.6 Å². The molecule has 0 spiro atoms. The van der Waals surface area contributed by atoms with Gasteiger partial charge in [-0.3, -0.25) is 4.90 Å². The first kappa shape index (κ1) is 23.5. The van der Waals surface area contributed by atoms with E-state index in [-0.39, 0.29) is 29.7 Å². The molecule has 0 unspecified atom stereocenters. The number of methoxy groups -OCH3 is 1. The zero-order valence-electron chi connectivity index (χ0n) is 19.5. The van der Waals surface area contributed by atoms with Gasteiger partial charge in [0.05, 0.1) is 13.2 Å². The standard InChI is InChI=1S/C24H35NO5Si/c1-24(2,3)31(5,6)30-19-13-12-18-14-21(22(26)28-4)25(20(18)15-19)23(27)29-16-17-10-8-7-9-11-17/h7-13,18-21H,14-16H2,1-6H3/t18-,19+,20+,21-/m0/s1. The van der Waals surface area contributed by atoms with Gasteiger partial charge in [0, 0.05) is 12.0 Å². The van der Waals surface area contributed by atoms with E-state index >= 15 is 0 Å². The van der Waals surface area contributed by atoms with Crippen molar-refractivity contribution in [2.75, 3.05) is 7.11 Å². The second kappa shape index (κ2) is 9.16. The molecule has 0 saturated carbocycles. The van der Waals surface area contributed by atoms with Crippen LogP contribution in [0.3, 0.4) is 0 Å². The third kappa shape index (κ3) is 5.21. The molecule has 1 amide bonds.